The molecule has 128 valence electrons. The summed E-state index contributed by atoms with van der Waals surface area (Å²) in [5.41, 5.74) is 3.29. The zero-order valence-electron chi connectivity index (χ0n) is 14.4. The molecule has 2 N–H and O–H groups in total. The SMILES string of the molecule is COc1ccc(CNC(=O)NCCc2cc(C)ccc2OC)cc1. The number of hydrogen-bond acceptors (Lipinski definition) is 3. The van der Waals surface area contributed by atoms with Gasteiger partial charge in [0.2, 0.25) is 0 Å². The average Bonchev–Trinajstić information content (AvgIpc) is 2.60. The average molecular weight is 328 g/mol. The molecule has 0 atom stereocenters. The summed E-state index contributed by atoms with van der Waals surface area (Å²) in [6.45, 7) is 3.07. The predicted molar refractivity (Wildman–Crippen MR) is 94.7 cm³/mol. The maximum Gasteiger partial charge on any atom is 0.315 e. The van der Waals surface area contributed by atoms with Crippen molar-refractivity contribution in [1.82, 2.24) is 10.6 Å². The van der Waals surface area contributed by atoms with Gasteiger partial charge in [0.15, 0.2) is 0 Å². The molecular weight excluding hydrogens is 304 g/mol. The van der Waals surface area contributed by atoms with Crippen LogP contribution in [-0.2, 0) is 13.0 Å². The Morgan fingerprint density at radius 3 is 2.42 bits per heavy atom. The summed E-state index contributed by atoms with van der Waals surface area (Å²) in [5.74, 6) is 1.65. The number of rotatable bonds is 7. The number of carbonyl (C=O) groups excluding carboxylic acids is 1. The topological polar surface area (TPSA) is 59.6 Å². The van der Waals surface area contributed by atoms with Gasteiger partial charge in [-0.05, 0) is 42.7 Å². The first-order valence-electron chi connectivity index (χ1n) is 7.90. The maximum atomic E-state index is 11.9. The van der Waals surface area contributed by atoms with Crippen LogP contribution < -0.4 is 20.1 Å². The molecule has 0 aliphatic rings. The normalized spacial score (nSPS) is 10.1. The third-order valence-electron chi connectivity index (χ3n) is 3.73. The van der Waals surface area contributed by atoms with Crippen molar-refractivity contribution in [2.45, 2.75) is 19.9 Å². The van der Waals surface area contributed by atoms with E-state index in [2.05, 4.69) is 16.7 Å². The van der Waals surface area contributed by atoms with Crippen LogP contribution in [0.1, 0.15) is 16.7 Å². The highest BCUT2D eigenvalue weighted by Gasteiger charge is 2.05. The van der Waals surface area contributed by atoms with Crippen molar-refractivity contribution < 1.29 is 14.3 Å². The van der Waals surface area contributed by atoms with Crippen molar-refractivity contribution in [3.05, 3.63) is 59.2 Å². The van der Waals surface area contributed by atoms with E-state index in [0.717, 1.165) is 29.0 Å². The van der Waals surface area contributed by atoms with Crippen LogP contribution in [0.15, 0.2) is 42.5 Å². The van der Waals surface area contributed by atoms with Crippen molar-refractivity contribution in [3.8, 4) is 11.5 Å². The fraction of sp³-hybridized carbons (Fsp3) is 0.316. The van der Waals surface area contributed by atoms with E-state index in [1.807, 2.05) is 43.3 Å². The third-order valence-corrected chi connectivity index (χ3v) is 3.73. The first-order chi connectivity index (χ1) is 11.6. The van der Waals surface area contributed by atoms with Crippen molar-refractivity contribution in [2.24, 2.45) is 0 Å². The van der Waals surface area contributed by atoms with Crippen LogP contribution in [0.25, 0.3) is 0 Å². The number of urea groups is 1. The van der Waals surface area contributed by atoms with Gasteiger partial charge in [-0.25, -0.2) is 4.79 Å². The molecule has 0 saturated carbocycles. The number of amides is 2. The molecule has 24 heavy (non-hydrogen) atoms. The zero-order chi connectivity index (χ0) is 17.4. The van der Waals surface area contributed by atoms with Gasteiger partial charge in [-0.2, -0.15) is 0 Å². The maximum absolute atomic E-state index is 11.9. The molecule has 0 spiro atoms. The first kappa shape index (κ1) is 17.7. The molecule has 2 amide bonds. The molecule has 0 radical (unpaired) electrons. The molecule has 0 heterocycles. The van der Waals surface area contributed by atoms with Gasteiger partial charge in [0.25, 0.3) is 0 Å². The summed E-state index contributed by atoms with van der Waals surface area (Å²) < 4.78 is 10.5. The molecule has 2 rings (SSSR count). The molecule has 0 saturated heterocycles. The lowest BCUT2D eigenvalue weighted by Gasteiger charge is -2.11. The van der Waals surface area contributed by atoms with Crippen LogP contribution >= 0.6 is 0 Å². The Labute approximate surface area is 143 Å². The minimum Gasteiger partial charge on any atom is -0.497 e. The summed E-state index contributed by atoms with van der Waals surface area (Å²) in [5, 5.41) is 5.70. The van der Waals surface area contributed by atoms with E-state index in [9.17, 15) is 4.79 Å². The van der Waals surface area contributed by atoms with E-state index in [1.165, 1.54) is 5.56 Å². The number of aryl methyl sites for hydroxylation is 1. The Hall–Kier alpha value is -2.69. The highest BCUT2D eigenvalue weighted by Crippen LogP contribution is 2.19. The molecule has 0 unspecified atom stereocenters. The Balaban J connectivity index is 1.76. The molecule has 2 aromatic rings. The number of nitrogens with one attached hydrogen (secondary N) is 2. The van der Waals surface area contributed by atoms with E-state index < -0.39 is 0 Å². The van der Waals surface area contributed by atoms with Gasteiger partial charge in [-0.15, -0.1) is 0 Å². The van der Waals surface area contributed by atoms with E-state index in [1.54, 1.807) is 14.2 Å². The van der Waals surface area contributed by atoms with Crippen LogP contribution in [0.5, 0.6) is 11.5 Å². The smallest absolute Gasteiger partial charge is 0.315 e. The van der Waals surface area contributed by atoms with Crippen molar-refractivity contribution in [3.63, 3.8) is 0 Å². The highest BCUT2D eigenvalue weighted by molar-refractivity contribution is 5.73. The van der Waals surface area contributed by atoms with Gasteiger partial charge < -0.3 is 20.1 Å². The third kappa shape index (κ3) is 5.19. The predicted octanol–water partition coefficient (Wildman–Crippen LogP) is 3.05. The van der Waals surface area contributed by atoms with Gasteiger partial charge in [0.1, 0.15) is 11.5 Å². The van der Waals surface area contributed by atoms with Gasteiger partial charge >= 0.3 is 6.03 Å². The Morgan fingerprint density at radius 1 is 1.00 bits per heavy atom. The quantitative estimate of drug-likeness (QED) is 0.821. The van der Waals surface area contributed by atoms with Crippen LogP contribution in [-0.4, -0.2) is 26.8 Å². The summed E-state index contributed by atoms with van der Waals surface area (Å²) in [6.07, 6.45) is 0.723. The van der Waals surface area contributed by atoms with Gasteiger partial charge in [0, 0.05) is 13.1 Å². The number of ether oxygens (including phenoxy) is 2. The number of methoxy groups -OCH3 is 2. The van der Waals surface area contributed by atoms with E-state index >= 15 is 0 Å². The number of benzene rings is 2. The summed E-state index contributed by atoms with van der Waals surface area (Å²) in [7, 11) is 3.28. The molecule has 0 fully saturated rings. The van der Waals surface area contributed by atoms with Gasteiger partial charge in [0.05, 0.1) is 14.2 Å². The number of hydrogen-bond donors (Lipinski definition) is 2. The van der Waals surface area contributed by atoms with Crippen molar-refractivity contribution in [1.29, 1.82) is 0 Å². The molecule has 0 aliphatic heterocycles. The van der Waals surface area contributed by atoms with E-state index in [4.69, 9.17) is 9.47 Å². The molecular formula is C19H24N2O3. The monoisotopic (exact) mass is 328 g/mol. The Kier molecular flexibility index (Phi) is 6.49. The second kappa shape index (κ2) is 8.82. The summed E-state index contributed by atoms with van der Waals surface area (Å²) >= 11 is 0. The fourth-order valence-electron chi connectivity index (χ4n) is 2.40. The second-order valence-electron chi connectivity index (χ2n) is 5.52. The summed E-state index contributed by atoms with van der Waals surface area (Å²) in [4.78, 5) is 11.9. The van der Waals surface area contributed by atoms with Crippen molar-refractivity contribution >= 4 is 6.03 Å². The van der Waals surface area contributed by atoms with Gasteiger partial charge in [-0.1, -0.05) is 29.8 Å². The van der Waals surface area contributed by atoms with Crippen molar-refractivity contribution in [2.75, 3.05) is 20.8 Å². The molecule has 0 bridgehead atoms. The highest BCUT2D eigenvalue weighted by atomic mass is 16.5. The zero-order valence-corrected chi connectivity index (χ0v) is 14.4. The van der Waals surface area contributed by atoms with Crippen LogP contribution in [0, 0.1) is 6.92 Å². The van der Waals surface area contributed by atoms with Crippen LogP contribution in [0.2, 0.25) is 0 Å². The van der Waals surface area contributed by atoms with Crippen LogP contribution in [0.3, 0.4) is 0 Å². The molecule has 0 aromatic heterocycles. The fourth-order valence-corrected chi connectivity index (χ4v) is 2.40. The minimum atomic E-state index is -0.183. The summed E-state index contributed by atoms with van der Waals surface area (Å²) in [6, 6.07) is 13.5. The largest absolute Gasteiger partial charge is 0.497 e. The molecule has 5 heteroatoms. The molecule has 5 nitrogen and oxygen atoms in total. The lowest BCUT2D eigenvalue weighted by Crippen LogP contribution is -2.36. The van der Waals surface area contributed by atoms with Crippen LogP contribution in [0.4, 0.5) is 4.79 Å². The Bertz CT molecular complexity index is 669. The minimum absolute atomic E-state index is 0.183. The van der Waals surface area contributed by atoms with E-state index in [0.29, 0.717) is 13.1 Å². The number of carbonyl (C=O) groups is 1. The molecule has 0 aliphatic carbocycles. The molecule has 2 aromatic carbocycles. The lowest BCUT2D eigenvalue weighted by atomic mass is 10.1. The van der Waals surface area contributed by atoms with Gasteiger partial charge in [-0.3, -0.25) is 0 Å². The first-order valence-corrected chi connectivity index (χ1v) is 7.90. The lowest BCUT2D eigenvalue weighted by molar-refractivity contribution is 0.240. The standard InChI is InChI=1S/C19H24N2O3/c1-14-4-9-18(24-3)16(12-14)10-11-20-19(22)21-13-15-5-7-17(23-2)8-6-15/h4-9,12H,10-11,13H2,1-3H3,(H2,20,21,22). The second-order valence-corrected chi connectivity index (χ2v) is 5.52. The van der Waals surface area contributed by atoms with E-state index in [-0.39, 0.29) is 6.03 Å². The Morgan fingerprint density at radius 2 is 1.75 bits per heavy atom.